The summed E-state index contributed by atoms with van der Waals surface area (Å²) in [5, 5.41) is 6.47. The summed E-state index contributed by atoms with van der Waals surface area (Å²) in [5.41, 5.74) is 6.01. The van der Waals surface area contributed by atoms with Crippen LogP contribution in [0, 0.1) is 5.92 Å². The van der Waals surface area contributed by atoms with Gasteiger partial charge in [-0.25, -0.2) is 0 Å². The molecule has 3 heterocycles. The summed E-state index contributed by atoms with van der Waals surface area (Å²) in [6, 6.07) is 6.72. The molecule has 1 aromatic rings. The van der Waals surface area contributed by atoms with E-state index in [1.165, 1.54) is 0 Å². The second-order valence-electron chi connectivity index (χ2n) is 8.72. The van der Waals surface area contributed by atoms with Crippen LogP contribution >= 0.6 is 0 Å². The van der Waals surface area contributed by atoms with E-state index in [1.807, 2.05) is 18.2 Å². The minimum Gasteiger partial charge on any atom is -0.369 e. The number of likely N-dealkylation sites (tertiary alicyclic amines) is 2. The fourth-order valence-corrected chi connectivity index (χ4v) is 4.83. The highest BCUT2D eigenvalue weighted by molar-refractivity contribution is 6.02. The van der Waals surface area contributed by atoms with E-state index in [9.17, 15) is 19.2 Å². The van der Waals surface area contributed by atoms with Crippen molar-refractivity contribution in [1.29, 1.82) is 0 Å². The molecule has 0 aromatic heterocycles. The van der Waals surface area contributed by atoms with Crippen molar-refractivity contribution in [1.82, 2.24) is 15.1 Å². The van der Waals surface area contributed by atoms with E-state index in [1.54, 1.807) is 22.8 Å². The largest absolute Gasteiger partial charge is 0.369 e. The molecular weight excluding hydrogens is 398 g/mol. The summed E-state index contributed by atoms with van der Waals surface area (Å²) in [6.07, 6.45) is 2.30. The third-order valence-electron chi connectivity index (χ3n) is 6.80. The van der Waals surface area contributed by atoms with Crippen molar-refractivity contribution in [3.8, 4) is 0 Å². The Labute approximate surface area is 181 Å². The van der Waals surface area contributed by atoms with Crippen LogP contribution in [-0.2, 0) is 14.4 Å². The van der Waals surface area contributed by atoms with E-state index in [-0.39, 0.29) is 36.0 Å². The number of fused-ring (bicyclic) bond motifs is 1. The van der Waals surface area contributed by atoms with E-state index in [0.29, 0.717) is 50.9 Å². The number of hydrogen-bond donors (Lipinski definition) is 3. The molecule has 1 aromatic carbocycles. The third kappa shape index (κ3) is 4.08. The Hall–Kier alpha value is -3.10. The van der Waals surface area contributed by atoms with Gasteiger partial charge in [0, 0.05) is 44.1 Å². The van der Waals surface area contributed by atoms with Crippen LogP contribution in [0.2, 0.25) is 0 Å². The Bertz CT molecular complexity index is 911. The molecule has 9 nitrogen and oxygen atoms in total. The summed E-state index contributed by atoms with van der Waals surface area (Å²) in [5.74, 6) is -0.880. The number of anilines is 1. The molecule has 4 rings (SSSR count). The molecule has 0 saturated carbocycles. The predicted molar refractivity (Wildman–Crippen MR) is 114 cm³/mol. The van der Waals surface area contributed by atoms with Crippen LogP contribution in [0.5, 0.6) is 0 Å². The van der Waals surface area contributed by atoms with Gasteiger partial charge in [0.25, 0.3) is 5.91 Å². The Morgan fingerprint density at radius 3 is 2.52 bits per heavy atom. The first kappa shape index (κ1) is 21.1. The lowest BCUT2D eigenvalue weighted by Gasteiger charge is -2.40. The Balaban J connectivity index is 1.43. The van der Waals surface area contributed by atoms with Gasteiger partial charge < -0.3 is 26.2 Å². The number of benzene rings is 1. The van der Waals surface area contributed by atoms with Gasteiger partial charge >= 0.3 is 0 Å². The number of para-hydroxylation sites is 1. The van der Waals surface area contributed by atoms with E-state index < -0.39 is 11.7 Å². The fourth-order valence-electron chi connectivity index (χ4n) is 4.83. The van der Waals surface area contributed by atoms with Gasteiger partial charge in [0.1, 0.15) is 11.7 Å². The second kappa shape index (κ2) is 8.20. The maximum absolute atomic E-state index is 13.0. The van der Waals surface area contributed by atoms with Crippen molar-refractivity contribution >= 4 is 29.3 Å². The molecule has 3 aliphatic rings. The Morgan fingerprint density at radius 1 is 1.10 bits per heavy atom. The highest BCUT2D eigenvalue weighted by Crippen LogP contribution is 2.32. The molecule has 166 valence electrons. The van der Waals surface area contributed by atoms with Crippen molar-refractivity contribution in [2.45, 2.75) is 50.7 Å². The Kier molecular flexibility index (Phi) is 5.60. The van der Waals surface area contributed by atoms with Crippen LogP contribution in [0.15, 0.2) is 24.3 Å². The van der Waals surface area contributed by atoms with Crippen LogP contribution in [0.1, 0.15) is 49.4 Å². The molecule has 2 saturated heterocycles. The van der Waals surface area contributed by atoms with Gasteiger partial charge in [-0.15, -0.1) is 0 Å². The lowest BCUT2D eigenvalue weighted by atomic mass is 9.95. The van der Waals surface area contributed by atoms with Gasteiger partial charge in [-0.05, 0) is 38.3 Å². The van der Waals surface area contributed by atoms with Crippen LogP contribution in [0.3, 0.4) is 0 Å². The zero-order valence-electron chi connectivity index (χ0n) is 17.7. The summed E-state index contributed by atoms with van der Waals surface area (Å²) in [7, 11) is 0. The molecule has 0 radical (unpaired) electrons. The molecule has 2 fully saturated rings. The first-order valence-corrected chi connectivity index (χ1v) is 10.9. The minimum atomic E-state index is -0.710. The van der Waals surface area contributed by atoms with Gasteiger partial charge in [0.2, 0.25) is 17.7 Å². The quantitative estimate of drug-likeness (QED) is 0.654. The summed E-state index contributed by atoms with van der Waals surface area (Å²) < 4.78 is 0. The standard InChI is InChI=1S/C22H29N5O4/c1-14(21(31)26-11-7-15(8-12-26)19(23)29)27-13-10-22(9-6-18(27)28)24-17-5-3-2-4-16(17)20(30)25-22/h2-5,14-15,24H,6-13H2,1H3,(H2,23,29)(H,25,30)/t14-,22-/m1/s1. The number of primary amides is 1. The fraction of sp³-hybridized carbons (Fsp3) is 0.545. The molecule has 4 amide bonds. The average Bonchev–Trinajstić information content (AvgIpc) is 2.92. The first-order valence-electron chi connectivity index (χ1n) is 10.9. The van der Waals surface area contributed by atoms with Gasteiger partial charge in [0.05, 0.1) is 5.56 Å². The molecule has 3 aliphatic heterocycles. The summed E-state index contributed by atoms with van der Waals surface area (Å²) in [6.45, 7) is 3.05. The molecule has 2 atom stereocenters. The monoisotopic (exact) mass is 427 g/mol. The number of hydrogen-bond acceptors (Lipinski definition) is 5. The maximum atomic E-state index is 13.0. The number of carbonyl (C=O) groups is 4. The van der Waals surface area contributed by atoms with Crippen molar-refractivity contribution in [2.75, 3.05) is 25.0 Å². The first-order chi connectivity index (χ1) is 14.8. The Morgan fingerprint density at radius 2 is 1.81 bits per heavy atom. The maximum Gasteiger partial charge on any atom is 0.255 e. The van der Waals surface area contributed by atoms with Gasteiger partial charge in [-0.1, -0.05) is 12.1 Å². The van der Waals surface area contributed by atoms with Crippen molar-refractivity contribution in [3.63, 3.8) is 0 Å². The highest BCUT2D eigenvalue weighted by Gasteiger charge is 2.42. The number of nitrogens with zero attached hydrogens (tertiary/aromatic N) is 2. The molecule has 31 heavy (non-hydrogen) atoms. The zero-order chi connectivity index (χ0) is 22.2. The molecule has 0 aliphatic carbocycles. The molecule has 4 N–H and O–H groups in total. The summed E-state index contributed by atoms with van der Waals surface area (Å²) >= 11 is 0. The van der Waals surface area contributed by atoms with Gasteiger partial charge in [0.15, 0.2) is 0 Å². The SMILES string of the molecule is C[C@H](C(=O)N1CCC(C(N)=O)CC1)N1CC[C@@]2(CCC1=O)NC(=O)c1ccccc1N2. The minimum absolute atomic E-state index is 0.0975. The van der Waals surface area contributed by atoms with E-state index in [4.69, 9.17) is 5.73 Å². The van der Waals surface area contributed by atoms with Crippen LogP contribution in [-0.4, -0.2) is 64.8 Å². The molecule has 1 spiro atoms. The number of nitrogens with two attached hydrogens (primary N) is 1. The lowest BCUT2D eigenvalue weighted by molar-refractivity contribution is -0.146. The predicted octanol–water partition coefficient (Wildman–Crippen LogP) is 0.663. The molecule has 0 unspecified atom stereocenters. The molecule has 9 heteroatoms. The average molecular weight is 428 g/mol. The molecule has 0 bridgehead atoms. The number of carbonyl (C=O) groups excluding carboxylic acids is 4. The zero-order valence-corrected chi connectivity index (χ0v) is 17.7. The van der Waals surface area contributed by atoms with Crippen molar-refractivity contribution in [2.24, 2.45) is 11.7 Å². The summed E-state index contributed by atoms with van der Waals surface area (Å²) in [4.78, 5) is 53.3. The van der Waals surface area contributed by atoms with Crippen molar-refractivity contribution in [3.05, 3.63) is 29.8 Å². The smallest absolute Gasteiger partial charge is 0.255 e. The number of rotatable bonds is 3. The second-order valence-corrected chi connectivity index (χ2v) is 8.72. The third-order valence-corrected chi connectivity index (χ3v) is 6.80. The van der Waals surface area contributed by atoms with Crippen LogP contribution < -0.4 is 16.4 Å². The van der Waals surface area contributed by atoms with Gasteiger partial charge in [-0.2, -0.15) is 0 Å². The lowest BCUT2D eigenvalue weighted by Crippen LogP contribution is -2.58. The van der Waals surface area contributed by atoms with Crippen LogP contribution in [0.25, 0.3) is 0 Å². The van der Waals surface area contributed by atoms with Gasteiger partial charge in [-0.3, -0.25) is 19.2 Å². The number of piperidine rings is 1. The van der Waals surface area contributed by atoms with E-state index in [0.717, 1.165) is 5.69 Å². The topological polar surface area (TPSA) is 125 Å². The number of nitrogens with one attached hydrogen (secondary N) is 2. The normalized spacial score (nSPS) is 25.3. The van der Waals surface area contributed by atoms with E-state index >= 15 is 0 Å². The van der Waals surface area contributed by atoms with Crippen LogP contribution in [0.4, 0.5) is 5.69 Å². The highest BCUT2D eigenvalue weighted by atomic mass is 16.2. The number of amides is 4. The van der Waals surface area contributed by atoms with E-state index in [2.05, 4.69) is 10.6 Å². The molecular formula is C22H29N5O4. The van der Waals surface area contributed by atoms with Crippen molar-refractivity contribution < 1.29 is 19.2 Å².